The van der Waals surface area contributed by atoms with Crippen LogP contribution in [0.25, 0.3) is 10.9 Å². The van der Waals surface area contributed by atoms with Gasteiger partial charge < -0.3 is 14.8 Å². The zero-order chi connectivity index (χ0) is 16.2. The zero-order valence-electron chi connectivity index (χ0n) is 14.2. The largest absolute Gasteiger partial charge is 0.361 e. The molecular weight excluding hydrogens is 286 g/mol. The molecule has 23 heavy (non-hydrogen) atoms. The lowest BCUT2D eigenvalue weighted by Gasteiger charge is -2.37. The number of rotatable bonds is 5. The molecule has 1 aliphatic rings. The van der Waals surface area contributed by atoms with Crippen molar-refractivity contribution >= 4 is 16.8 Å². The van der Waals surface area contributed by atoms with E-state index in [9.17, 15) is 4.79 Å². The number of piperidine rings is 1. The highest BCUT2D eigenvalue weighted by molar-refractivity contribution is 5.84. The van der Waals surface area contributed by atoms with E-state index in [1.807, 2.05) is 12.3 Å². The molecule has 4 nitrogen and oxygen atoms in total. The number of carbonyl (C=O) groups is 1. The molecule has 1 atom stereocenters. The Balaban J connectivity index is 1.63. The van der Waals surface area contributed by atoms with Gasteiger partial charge in [-0.3, -0.25) is 4.79 Å². The maximum absolute atomic E-state index is 12.7. The average molecular weight is 313 g/mol. The third-order valence-electron chi connectivity index (χ3n) is 4.81. The predicted octanol–water partition coefficient (Wildman–Crippen LogP) is 3.04. The van der Waals surface area contributed by atoms with Crippen molar-refractivity contribution in [2.24, 2.45) is 0 Å². The van der Waals surface area contributed by atoms with Crippen LogP contribution < -0.4 is 0 Å². The second kappa shape index (κ2) is 7.18. The first-order valence-electron chi connectivity index (χ1n) is 8.64. The Morgan fingerprint density at radius 3 is 2.96 bits per heavy atom. The number of nitrogens with one attached hydrogen (secondary N) is 1. The second-order valence-electron chi connectivity index (χ2n) is 6.86. The van der Waals surface area contributed by atoms with Crippen molar-refractivity contribution in [2.45, 2.75) is 38.1 Å². The van der Waals surface area contributed by atoms with Crippen LogP contribution in [0, 0.1) is 0 Å². The smallest absolute Gasteiger partial charge is 0.223 e. The molecule has 0 bridgehead atoms. The highest BCUT2D eigenvalue weighted by atomic mass is 16.2. The summed E-state index contributed by atoms with van der Waals surface area (Å²) in [6, 6.07) is 8.68. The van der Waals surface area contributed by atoms with E-state index >= 15 is 0 Å². The number of para-hydroxylation sites is 1. The van der Waals surface area contributed by atoms with Crippen LogP contribution in [0.3, 0.4) is 0 Å². The van der Waals surface area contributed by atoms with Gasteiger partial charge in [-0.1, -0.05) is 18.2 Å². The number of carbonyl (C=O) groups excluding carboxylic acids is 1. The molecular formula is C19H27N3O. The van der Waals surface area contributed by atoms with Gasteiger partial charge in [0.05, 0.1) is 0 Å². The van der Waals surface area contributed by atoms with Gasteiger partial charge in [-0.25, -0.2) is 0 Å². The van der Waals surface area contributed by atoms with E-state index in [2.05, 4.69) is 47.1 Å². The van der Waals surface area contributed by atoms with Gasteiger partial charge in [0.1, 0.15) is 0 Å². The van der Waals surface area contributed by atoms with E-state index in [-0.39, 0.29) is 0 Å². The molecule has 1 unspecified atom stereocenters. The van der Waals surface area contributed by atoms with E-state index in [0.717, 1.165) is 37.9 Å². The fourth-order valence-electron chi connectivity index (χ4n) is 3.66. The first-order chi connectivity index (χ1) is 11.1. The molecule has 1 aromatic carbocycles. The van der Waals surface area contributed by atoms with E-state index in [1.54, 1.807) is 0 Å². The first kappa shape index (κ1) is 16.1. The molecule has 1 aliphatic heterocycles. The molecule has 2 aromatic rings. The number of benzene rings is 1. The Bertz CT molecular complexity index is 661. The van der Waals surface area contributed by atoms with Crippen molar-refractivity contribution in [3.63, 3.8) is 0 Å². The van der Waals surface area contributed by atoms with E-state index in [4.69, 9.17) is 0 Å². The van der Waals surface area contributed by atoms with Gasteiger partial charge >= 0.3 is 0 Å². The van der Waals surface area contributed by atoms with Crippen LogP contribution in [0.5, 0.6) is 0 Å². The summed E-state index contributed by atoms with van der Waals surface area (Å²) in [6.45, 7) is 1.89. The fraction of sp³-hybridized carbons (Fsp3) is 0.526. The van der Waals surface area contributed by atoms with Gasteiger partial charge in [0, 0.05) is 42.7 Å². The minimum Gasteiger partial charge on any atom is -0.361 e. The predicted molar refractivity (Wildman–Crippen MR) is 94.5 cm³/mol. The van der Waals surface area contributed by atoms with Crippen molar-refractivity contribution in [3.8, 4) is 0 Å². The standard InChI is InChI=1S/C19H27N3O/c1-21(2)14-16-7-5-6-12-22(16)19(23)11-10-15-13-20-18-9-4-3-8-17(15)18/h3-4,8-9,13,16,20H,5-7,10-12,14H2,1-2H3. The molecule has 2 heterocycles. The average Bonchev–Trinajstić information content (AvgIpc) is 2.96. The van der Waals surface area contributed by atoms with Crippen LogP contribution in [0.15, 0.2) is 30.5 Å². The third-order valence-corrected chi connectivity index (χ3v) is 4.81. The summed E-state index contributed by atoms with van der Waals surface area (Å²) in [5.74, 6) is 0.307. The molecule has 0 aliphatic carbocycles. The third kappa shape index (κ3) is 3.75. The summed E-state index contributed by atoms with van der Waals surface area (Å²) in [5.41, 5.74) is 2.40. The van der Waals surface area contributed by atoms with Gasteiger partial charge in [-0.2, -0.15) is 0 Å². The van der Waals surface area contributed by atoms with Crippen LogP contribution >= 0.6 is 0 Å². The van der Waals surface area contributed by atoms with Crippen molar-refractivity contribution in [1.29, 1.82) is 0 Å². The number of amides is 1. The highest BCUT2D eigenvalue weighted by Crippen LogP contribution is 2.22. The Labute approximate surface area is 138 Å². The van der Waals surface area contributed by atoms with Crippen LogP contribution in [0.4, 0.5) is 0 Å². The molecule has 0 spiro atoms. The number of aryl methyl sites for hydroxylation is 1. The maximum Gasteiger partial charge on any atom is 0.223 e. The van der Waals surface area contributed by atoms with Crippen molar-refractivity contribution in [1.82, 2.24) is 14.8 Å². The number of hydrogen-bond donors (Lipinski definition) is 1. The zero-order valence-corrected chi connectivity index (χ0v) is 14.2. The van der Waals surface area contributed by atoms with E-state index < -0.39 is 0 Å². The summed E-state index contributed by atoms with van der Waals surface area (Å²) < 4.78 is 0. The normalized spacial score (nSPS) is 18.7. The Morgan fingerprint density at radius 2 is 2.13 bits per heavy atom. The van der Waals surface area contributed by atoms with Crippen LogP contribution in [0.2, 0.25) is 0 Å². The Hall–Kier alpha value is -1.81. The van der Waals surface area contributed by atoms with E-state index in [1.165, 1.54) is 17.4 Å². The number of aromatic nitrogens is 1. The number of likely N-dealkylation sites (tertiary alicyclic amines) is 1. The lowest BCUT2D eigenvalue weighted by Crippen LogP contribution is -2.48. The summed E-state index contributed by atoms with van der Waals surface area (Å²) >= 11 is 0. The van der Waals surface area contributed by atoms with Gasteiger partial charge in [0.15, 0.2) is 0 Å². The quantitative estimate of drug-likeness (QED) is 0.921. The number of H-pyrrole nitrogens is 1. The van der Waals surface area contributed by atoms with E-state index in [0.29, 0.717) is 18.4 Å². The highest BCUT2D eigenvalue weighted by Gasteiger charge is 2.26. The SMILES string of the molecule is CN(C)CC1CCCCN1C(=O)CCc1c[nH]c2ccccc12. The fourth-order valence-corrected chi connectivity index (χ4v) is 3.66. The number of aromatic amines is 1. The van der Waals surface area contributed by atoms with Gasteiger partial charge in [0.2, 0.25) is 5.91 Å². The minimum atomic E-state index is 0.307. The lowest BCUT2D eigenvalue weighted by atomic mass is 10.00. The van der Waals surface area contributed by atoms with Gasteiger partial charge in [-0.05, 0) is 51.4 Å². The first-order valence-corrected chi connectivity index (χ1v) is 8.64. The number of fused-ring (bicyclic) bond motifs is 1. The molecule has 124 valence electrons. The topological polar surface area (TPSA) is 39.3 Å². The molecule has 3 rings (SSSR count). The molecule has 1 N–H and O–H groups in total. The molecule has 1 fully saturated rings. The summed E-state index contributed by atoms with van der Waals surface area (Å²) in [7, 11) is 4.17. The van der Waals surface area contributed by atoms with Crippen molar-refractivity contribution < 1.29 is 4.79 Å². The van der Waals surface area contributed by atoms with Crippen LogP contribution in [-0.4, -0.2) is 53.9 Å². The lowest BCUT2D eigenvalue weighted by molar-refractivity contribution is -0.135. The molecule has 0 saturated carbocycles. The molecule has 0 radical (unpaired) electrons. The minimum absolute atomic E-state index is 0.307. The summed E-state index contributed by atoms with van der Waals surface area (Å²) in [6.07, 6.45) is 6.98. The Kier molecular flexibility index (Phi) is 5.01. The van der Waals surface area contributed by atoms with Gasteiger partial charge in [0.25, 0.3) is 0 Å². The summed E-state index contributed by atoms with van der Waals surface area (Å²) in [4.78, 5) is 20.3. The van der Waals surface area contributed by atoms with Gasteiger partial charge in [-0.15, -0.1) is 0 Å². The van der Waals surface area contributed by atoms with Crippen molar-refractivity contribution in [2.75, 3.05) is 27.2 Å². The maximum atomic E-state index is 12.7. The second-order valence-corrected chi connectivity index (χ2v) is 6.86. The molecule has 1 amide bonds. The number of likely N-dealkylation sites (N-methyl/N-ethyl adjacent to an activating group) is 1. The number of nitrogens with zero attached hydrogens (tertiary/aromatic N) is 2. The summed E-state index contributed by atoms with van der Waals surface area (Å²) in [5, 5.41) is 1.24. The molecule has 1 saturated heterocycles. The van der Waals surface area contributed by atoms with Crippen LogP contribution in [-0.2, 0) is 11.2 Å². The molecule has 4 heteroatoms. The Morgan fingerprint density at radius 1 is 1.30 bits per heavy atom. The molecule has 1 aromatic heterocycles. The number of hydrogen-bond acceptors (Lipinski definition) is 2. The van der Waals surface area contributed by atoms with Crippen LogP contribution in [0.1, 0.15) is 31.2 Å². The van der Waals surface area contributed by atoms with Crippen molar-refractivity contribution in [3.05, 3.63) is 36.0 Å². The monoisotopic (exact) mass is 313 g/mol.